The molecule has 0 aromatic heterocycles. The molecule has 0 amide bonds. The van der Waals surface area contributed by atoms with Crippen molar-refractivity contribution in [1.29, 1.82) is 0 Å². The fraction of sp³-hybridized carbons (Fsp3) is 0.833. The monoisotopic (exact) mass is 328 g/mol. The molecule has 12 atom stereocenters. The zero-order valence-corrected chi connectivity index (χ0v) is 17.3. The minimum Gasteiger partial charge on any atom is -0.0993 e. The van der Waals surface area contributed by atoms with Gasteiger partial charge in [0.05, 0.1) is 0 Å². The van der Waals surface area contributed by atoms with Crippen LogP contribution in [0.25, 0.3) is 0 Å². The first-order valence-electron chi connectivity index (χ1n) is 10.5. The lowest BCUT2D eigenvalue weighted by atomic mass is 9.42. The lowest BCUT2D eigenvalue weighted by Crippen LogP contribution is -2.57. The van der Waals surface area contributed by atoms with Crippen LogP contribution in [-0.4, -0.2) is 0 Å². The van der Waals surface area contributed by atoms with Crippen LogP contribution in [0.3, 0.4) is 0 Å². The number of hydrogen-bond acceptors (Lipinski definition) is 0. The van der Waals surface area contributed by atoms with Gasteiger partial charge in [-0.2, -0.15) is 0 Å². The minimum atomic E-state index is 0.595. The zero-order valence-electron chi connectivity index (χ0n) is 17.3. The van der Waals surface area contributed by atoms with E-state index in [9.17, 15) is 0 Å². The third-order valence-electron chi connectivity index (χ3n) is 9.66. The van der Waals surface area contributed by atoms with Crippen molar-refractivity contribution < 1.29 is 0 Å². The summed E-state index contributed by atoms with van der Waals surface area (Å²) in [5, 5.41) is 0. The zero-order chi connectivity index (χ0) is 18.1. The number of fused-ring (bicyclic) bond motifs is 2. The van der Waals surface area contributed by atoms with Crippen LogP contribution in [0.1, 0.15) is 55.4 Å². The van der Waals surface area contributed by atoms with Gasteiger partial charge in [0, 0.05) is 0 Å². The summed E-state index contributed by atoms with van der Waals surface area (Å²) in [5.41, 5.74) is 3.06. The molecule has 0 spiro atoms. The van der Waals surface area contributed by atoms with Gasteiger partial charge in [-0.3, -0.25) is 0 Å². The Morgan fingerprint density at radius 3 is 1.04 bits per heavy atom. The number of hydrogen-bond donors (Lipinski definition) is 0. The molecule has 3 rings (SSSR count). The molecule has 0 bridgehead atoms. The van der Waals surface area contributed by atoms with Gasteiger partial charge in [0.15, 0.2) is 0 Å². The average Bonchev–Trinajstić information content (AvgIpc) is 2.55. The van der Waals surface area contributed by atoms with Gasteiger partial charge in [-0.1, -0.05) is 79.7 Å². The Kier molecular flexibility index (Phi) is 4.59. The molecule has 0 heteroatoms. The SMILES string of the molecule is C=C1C(C)C(C)C(=C)C2C(C)C3C(C)C(C)C(C)C(C)C3C(C)C12. The van der Waals surface area contributed by atoms with Crippen LogP contribution >= 0.6 is 0 Å². The first-order chi connectivity index (χ1) is 11.1. The minimum absolute atomic E-state index is 0.595. The highest BCUT2D eigenvalue weighted by Crippen LogP contribution is 2.63. The van der Waals surface area contributed by atoms with Crippen LogP contribution < -0.4 is 0 Å². The predicted molar refractivity (Wildman–Crippen MR) is 106 cm³/mol. The van der Waals surface area contributed by atoms with Gasteiger partial charge >= 0.3 is 0 Å². The lowest BCUT2D eigenvalue weighted by molar-refractivity contribution is -0.107. The average molecular weight is 329 g/mol. The van der Waals surface area contributed by atoms with Crippen molar-refractivity contribution >= 4 is 0 Å². The van der Waals surface area contributed by atoms with Crippen LogP contribution in [-0.2, 0) is 0 Å². The summed E-state index contributed by atoms with van der Waals surface area (Å²) in [6.07, 6.45) is 0. The highest BCUT2D eigenvalue weighted by molar-refractivity contribution is 5.28. The van der Waals surface area contributed by atoms with E-state index < -0.39 is 0 Å². The van der Waals surface area contributed by atoms with Gasteiger partial charge < -0.3 is 0 Å². The molecule has 3 aliphatic rings. The largest absolute Gasteiger partial charge is 0.0993 e. The first-order valence-corrected chi connectivity index (χ1v) is 10.5. The Labute approximate surface area is 151 Å². The molecule has 0 nitrogen and oxygen atoms in total. The molecular formula is C24H40. The Hall–Kier alpha value is -0.520. The van der Waals surface area contributed by atoms with Crippen molar-refractivity contribution in [3.8, 4) is 0 Å². The second-order valence-corrected chi connectivity index (χ2v) is 10.1. The van der Waals surface area contributed by atoms with Crippen LogP contribution in [0.4, 0.5) is 0 Å². The van der Waals surface area contributed by atoms with Crippen molar-refractivity contribution in [1.82, 2.24) is 0 Å². The number of allylic oxidation sites excluding steroid dienone is 2. The number of rotatable bonds is 0. The molecule has 0 N–H and O–H groups in total. The molecule has 12 unspecified atom stereocenters. The van der Waals surface area contributed by atoms with Crippen LogP contribution in [0, 0.1) is 71.0 Å². The molecule has 0 saturated heterocycles. The summed E-state index contributed by atoms with van der Waals surface area (Å²) in [4.78, 5) is 0. The highest BCUT2D eigenvalue weighted by atomic mass is 14.6. The maximum absolute atomic E-state index is 4.62. The highest BCUT2D eigenvalue weighted by Gasteiger charge is 2.57. The molecule has 0 aromatic rings. The topological polar surface area (TPSA) is 0 Å². The second kappa shape index (κ2) is 6.03. The van der Waals surface area contributed by atoms with E-state index in [2.05, 4.69) is 68.5 Å². The third kappa shape index (κ3) is 2.24. The molecule has 24 heavy (non-hydrogen) atoms. The summed E-state index contributed by atoms with van der Waals surface area (Å²) in [6.45, 7) is 29.2. The molecule has 0 aliphatic heterocycles. The van der Waals surface area contributed by atoms with Crippen molar-refractivity contribution in [2.45, 2.75) is 55.4 Å². The van der Waals surface area contributed by atoms with Gasteiger partial charge in [-0.05, 0) is 71.0 Å². The van der Waals surface area contributed by atoms with Crippen LogP contribution in [0.15, 0.2) is 24.3 Å². The second-order valence-electron chi connectivity index (χ2n) is 10.1. The van der Waals surface area contributed by atoms with Gasteiger partial charge in [-0.15, -0.1) is 0 Å². The van der Waals surface area contributed by atoms with Gasteiger partial charge in [0.2, 0.25) is 0 Å². The van der Waals surface area contributed by atoms with E-state index in [1.165, 1.54) is 11.1 Å². The fourth-order valence-electron chi connectivity index (χ4n) is 7.54. The van der Waals surface area contributed by atoms with E-state index in [0.717, 1.165) is 47.3 Å². The molecule has 136 valence electrons. The Morgan fingerprint density at radius 2 is 0.750 bits per heavy atom. The fourth-order valence-corrected chi connectivity index (χ4v) is 7.54. The summed E-state index contributed by atoms with van der Waals surface area (Å²) in [7, 11) is 0. The normalized spacial score (nSPS) is 58.2. The van der Waals surface area contributed by atoms with Gasteiger partial charge in [0.25, 0.3) is 0 Å². The molecule has 0 radical (unpaired) electrons. The van der Waals surface area contributed by atoms with Gasteiger partial charge in [-0.25, -0.2) is 0 Å². The Bertz CT molecular complexity index is 480. The summed E-state index contributed by atoms with van der Waals surface area (Å²) >= 11 is 0. The summed E-state index contributed by atoms with van der Waals surface area (Å²) in [5.74, 6) is 9.06. The molecule has 3 fully saturated rings. The predicted octanol–water partition coefficient (Wildman–Crippen LogP) is 6.69. The summed E-state index contributed by atoms with van der Waals surface area (Å²) < 4.78 is 0. The first kappa shape index (κ1) is 18.3. The van der Waals surface area contributed by atoms with Crippen LogP contribution in [0.5, 0.6) is 0 Å². The van der Waals surface area contributed by atoms with Gasteiger partial charge in [0.1, 0.15) is 0 Å². The maximum Gasteiger partial charge on any atom is -0.0106 e. The lowest BCUT2D eigenvalue weighted by Gasteiger charge is -2.62. The van der Waals surface area contributed by atoms with Crippen LogP contribution in [0.2, 0.25) is 0 Å². The summed E-state index contributed by atoms with van der Waals surface area (Å²) in [6, 6.07) is 0. The quantitative estimate of drug-likeness (QED) is 0.434. The van der Waals surface area contributed by atoms with E-state index in [1.807, 2.05) is 0 Å². The molecule has 3 aliphatic carbocycles. The van der Waals surface area contributed by atoms with Crippen molar-refractivity contribution in [3.05, 3.63) is 24.3 Å². The molecule has 0 aromatic carbocycles. The Morgan fingerprint density at radius 1 is 0.458 bits per heavy atom. The van der Waals surface area contributed by atoms with Crippen molar-refractivity contribution in [2.24, 2.45) is 71.0 Å². The third-order valence-corrected chi connectivity index (χ3v) is 9.66. The molecule has 3 saturated carbocycles. The van der Waals surface area contributed by atoms with Crippen molar-refractivity contribution in [2.75, 3.05) is 0 Å². The van der Waals surface area contributed by atoms with E-state index >= 15 is 0 Å². The maximum atomic E-state index is 4.62. The van der Waals surface area contributed by atoms with E-state index in [4.69, 9.17) is 0 Å². The molecule has 0 heterocycles. The Balaban J connectivity index is 2.06. The standard InChI is InChI=1S/C24H40/c1-11-12(2)16(6)22-20(10)24-18(8)14(4)13(3)17(7)23(24)19(9)21(22)15(11)5/h11-14,17-24H,5-6H2,1-4,7-10H3. The van der Waals surface area contributed by atoms with E-state index in [1.54, 1.807) is 0 Å². The van der Waals surface area contributed by atoms with Crippen molar-refractivity contribution in [3.63, 3.8) is 0 Å². The van der Waals surface area contributed by atoms with E-state index in [-0.39, 0.29) is 0 Å². The van der Waals surface area contributed by atoms with E-state index in [0.29, 0.717) is 23.7 Å². The molecular weight excluding hydrogens is 288 g/mol. The smallest absolute Gasteiger partial charge is 0.0106 e.